The van der Waals surface area contributed by atoms with Crippen LogP contribution < -0.4 is 0 Å². The number of hydrogen-bond acceptors (Lipinski definition) is 1. The summed E-state index contributed by atoms with van der Waals surface area (Å²) in [6.45, 7) is 36.2. The predicted octanol–water partition coefficient (Wildman–Crippen LogP) is 22.0. The number of fused-ring (bicyclic) bond motifs is 1. The van der Waals surface area contributed by atoms with E-state index < -0.39 is 10.0 Å². The van der Waals surface area contributed by atoms with Crippen LogP contribution in [0.15, 0.2) is 272 Å². The van der Waals surface area contributed by atoms with Crippen molar-refractivity contribution >= 4 is 27.4 Å². The van der Waals surface area contributed by atoms with Crippen LogP contribution in [-0.2, 0) is 5.41 Å². The van der Waals surface area contributed by atoms with E-state index in [0.717, 1.165) is 24.8 Å². The van der Waals surface area contributed by atoms with Crippen LogP contribution >= 0.6 is 21.8 Å². The first-order chi connectivity index (χ1) is 35.5. The summed E-state index contributed by atoms with van der Waals surface area (Å²) >= 11 is 1.89. The van der Waals surface area contributed by atoms with Crippen molar-refractivity contribution in [2.45, 2.75) is 128 Å². The van der Waals surface area contributed by atoms with Gasteiger partial charge >= 0.3 is 0 Å². The maximum absolute atomic E-state index is 4.56. The third kappa shape index (κ3) is 14.9. The van der Waals surface area contributed by atoms with E-state index in [1.54, 1.807) is 0 Å². The van der Waals surface area contributed by atoms with E-state index in [4.69, 9.17) is 0 Å². The topological polar surface area (TPSA) is 0 Å². The van der Waals surface area contributed by atoms with Crippen LogP contribution in [0.1, 0.15) is 118 Å². The Morgan fingerprint density at radius 1 is 0.795 bits per heavy atom. The fourth-order valence-electron chi connectivity index (χ4n) is 9.89. The Labute approximate surface area is 451 Å². The summed E-state index contributed by atoms with van der Waals surface area (Å²) in [7, 11) is -1.52. The van der Waals surface area contributed by atoms with E-state index >= 15 is 0 Å². The lowest BCUT2D eigenvalue weighted by atomic mass is 9.56. The minimum atomic E-state index is -1.52. The second-order valence-electron chi connectivity index (χ2n) is 18.0. The normalized spacial score (nSPS) is 20.0. The summed E-state index contributed by atoms with van der Waals surface area (Å²) in [4.78, 5) is 8.36. The molecule has 4 atom stereocenters. The molecule has 0 spiro atoms. The molecule has 0 radical (unpaired) electrons. The molecule has 2 aliphatic carbocycles. The Morgan fingerprint density at radius 2 is 1.44 bits per heavy atom. The van der Waals surface area contributed by atoms with E-state index in [-0.39, 0.29) is 5.41 Å². The first-order valence-electron chi connectivity index (χ1n) is 26.2. The average Bonchev–Trinajstić information content (AvgIpc) is 3.44. The van der Waals surface area contributed by atoms with Gasteiger partial charge in [-0.3, -0.25) is 0 Å². The van der Waals surface area contributed by atoms with E-state index in [2.05, 4.69) is 283 Å². The zero-order valence-electron chi connectivity index (χ0n) is 46.3. The Hall–Kier alpha value is -6.24. The number of thioether (sulfide) groups is 1. The summed E-state index contributed by atoms with van der Waals surface area (Å²) in [5.74, 6) is 0.798. The second-order valence-corrected chi connectivity index (χ2v) is 22.3. The molecule has 2 heteroatoms. The summed E-state index contributed by atoms with van der Waals surface area (Å²) < 4.78 is 0. The number of benzene rings is 4. The highest BCUT2D eigenvalue weighted by Crippen LogP contribution is 2.78. The molecule has 0 amide bonds. The molecule has 0 bridgehead atoms. The van der Waals surface area contributed by atoms with Gasteiger partial charge in [0.15, 0.2) is 0 Å². The molecule has 0 aromatic heterocycles. The number of hydrogen-bond donors (Lipinski definition) is 0. The van der Waals surface area contributed by atoms with Gasteiger partial charge in [0.25, 0.3) is 0 Å². The van der Waals surface area contributed by atoms with E-state index in [1.807, 2.05) is 37.8 Å². The van der Waals surface area contributed by atoms with Crippen LogP contribution in [0.3, 0.4) is 0 Å². The van der Waals surface area contributed by atoms with Crippen molar-refractivity contribution in [1.29, 1.82) is 0 Å². The van der Waals surface area contributed by atoms with Gasteiger partial charge in [-0.25, -0.2) is 0 Å². The fraction of sp³-hybridized carbons (Fsp3) is 0.268. The molecular formula is C71H86S2. The Bertz CT molecular complexity index is 2730. The molecule has 0 N–H and O–H groups in total. The summed E-state index contributed by atoms with van der Waals surface area (Å²) in [6.07, 6.45) is 46.8. The predicted molar refractivity (Wildman–Crippen MR) is 332 cm³/mol. The van der Waals surface area contributed by atoms with Crippen molar-refractivity contribution in [2.24, 2.45) is 11.8 Å². The quantitative estimate of drug-likeness (QED) is 0.0650. The van der Waals surface area contributed by atoms with Gasteiger partial charge in [-0.2, -0.15) is 0 Å². The highest BCUT2D eigenvalue weighted by atomic mass is 32.3. The smallest absolute Gasteiger partial charge is 0.0476 e. The monoisotopic (exact) mass is 1000 g/mol. The lowest BCUT2D eigenvalue weighted by Crippen LogP contribution is -2.41. The van der Waals surface area contributed by atoms with Gasteiger partial charge in [-0.1, -0.05) is 251 Å². The molecular weight excluding hydrogens is 917 g/mol. The summed E-state index contributed by atoms with van der Waals surface area (Å²) in [5.41, 5.74) is 10.3. The molecule has 0 saturated heterocycles. The zero-order valence-corrected chi connectivity index (χ0v) is 48.0. The average molecular weight is 1000 g/mol. The molecule has 382 valence electrons. The van der Waals surface area contributed by atoms with Gasteiger partial charge in [0, 0.05) is 25.0 Å². The molecule has 3 aliphatic rings. The van der Waals surface area contributed by atoms with Gasteiger partial charge in [0.1, 0.15) is 0 Å². The molecule has 0 fully saturated rings. The standard InChI is InChI=1S/C28H32.C26H28S2.C13H18.C2H6.C2H2/c1-5-7-14-24-20-19-22(3)21-27(24)28(23(4)6-2,25-15-10-8-11-16-25)26-17-12-9-13-18-26;1-6-14-20(4)26-21(5)28(22(8-3)15-7-2,23-16-10-9-11-17-23)25-19-13-12-18-24(25)27-26;1-4-5-6-12(3)13-9-7-11(2)8-10-13;2*1-2/h5-13,15-17,19,21,24,26H,2,4,14,18,20H2,1,3H3;6-19H,1H2,2-5H3;6-10H,4-5H2,1-3H3;1-2H3;1-2H/b7-5-;15-7-,20-14-,22-8+;12-6+;;. The maximum Gasteiger partial charge on any atom is 0.0476 e. The Balaban J connectivity index is 0.000000296. The third-order valence-corrected chi connectivity index (χ3v) is 19.2. The van der Waals surface area contributed by atoms with Crippen LogP contribution in [0.5, 0.6) is 0 Å². The van der Waals surface area contributed by atoms with Crippen molar-refractivity contribution < 1.29 is 0 Å². The zero-order chi connectivity index (χ0) is 53.8. The molecule has 4 aromatic rings. The van der Waals surface area contributed by atoms with E-state index in [0.29, 0.717) is 11.8 Å². The molecule has 4 aromatic carbocycles. The van der Waals surface area contributed by atoms with E-state index in [9.17, 15) is 0 Å². The summed E-state index contributed by atoms with van der Waals surface area (Å²) in [5, 5.41) is 0. The van der Waals surface area contributed by atoms with Gasteiger partial charge in [0.05, 0.1) is 0 Å². The van der Waals surface area contributed by atoms with Crippen molar-refractivity contribution in [1.82, 2.24) is 0 Å². The Kier molecular flexibility index (Phi) is 26.8. The van der Waals surface area contributed by atoms with Crippen LogP contribution in [-0.4, -0.2) is 0 Å². The molecule has 1 aliphatic heterocycles. The van der Waals surface area contributed by atoms with Gasteiger partial charge in [0.2, 0.25) is 0 Å². The van der Waals surface area contributed by atoms with Gasteiger partial charge in [-0.05, 0) is 155 Å². The van der Waals surface area contributed by atoms with Crippen LogP contribution in [0, 0.1) is 31.6 Å². The number of unbranched alkanes of at least 4 members (excludes halogenated alkanes) is 1. The number of aryl methyl sites for hydroxylation is 1. The molecule has 0 saturated carbocycles. The lowest BCUT2D eigenvalue weighted by molar-refractivity contribution is 0.388. The number of allylic oxidation sites excluding steroid dienone is 21. The van der Waals surface area contributed by atoms with Crippen LogP contribution in [0.4, 0.5) is 0 Å². The molecule has 73 heavy (non-hydrogen) atoms. The number of rotatable bonds is 15. The van der Waals surface area contributed by atoms with Gasteiger partial charge in [-0.15, -0.1) is 22.9 Å². The van der Waals surface area contributed by atoms with Crippen molar-refractivity contribution in [3.05, 3.63) is 274 Å². The minimum absolute atomic E-state index is 0.272. The number of terminal acetylenes is 1. The first kappa shape index (κ1) is 61.1. The molecule has 0 nitrogen and oxygen atoms in total. The lowest BCUT2D eigenvalue weighted by Gasteiger charge is -2.47. The van der Waals surface area contributed by atoms with Crippen molar-refractivity contribution in [2.75, 3.05) is 0 Å². The molecule has 1 heterocycles. The summed E-state index contributed by atoms with van der Waals surface area (Å²) in [6, 6.07) is 39.6. The molecule has 7 rings (SSSR count). The highest BCUT2D eigenvalue weighted by molar-refractivity contribution is 8.40. The first-order valence-corrected chi connectivity index (χ1v) is 28.7. The largest absolute Gasteiger partial charge is 0.135 e. The SMILES string of the molecule is C#C.C=C/C=C(/C)C1=C(C)S(C(/C=C\C)=C/C)(c2ccccc2)c2ccccc2S1.C=CC(=C)C(C1=CC(C)=CCC1C/C=C\C)(c1ccccc1)C1C=CC=CC1.CC.CCC/C=C(\C)c1ccc(C)cc1. The maximum atomic E-state index is 4.56. The fourth-order valence-corrected chi connectivity index (χ4v) is 16.0. The highest BCUT2D eigenvalue weighted by Gasteiger charge is 2.46. The van der Waals surface area contributed by atoms with Crippen LogP contribution in [0.25, 0.3) is 5.57 Å². The van der Waals surface area contributed by atoms with Crippen molar-refractivity contribution in [3.63, 3.8) is 0 Å². The molecule has 4 unspecified atom stereocenters. The van der Waals surface area contributed by atoms with Gasteiger partial charge < -0.3 is 0 Å². The van der Waals surface area contributed by atoms with Crippen LogP contribution in [0.2, 0.25) is 0 Å². The van der Waals surface area contributed by atoms with Crippen molar-refractivity contribution in [3.8, 4) is 12.8 Å². The second kappa shape index (κ2) is 32.1. The third-order valence-electron chi connectivity index (χ3n) is 13.4. The Morgan fingerprint density at radius 3 is 2.01 bits per heavy atom. The van der Waals surface area contributed by atoms with E-state index in [1.165, 1.54) is 81.2 Å². The minimum Gasteiger partial charge on any atom is -0.135 e.